The lowest BCUT2D eigenvalue weighted by Gasteiger charge is -1.89. The summed E-state index contributed by atoms with van der Waals surface area (Å²) in [6.45, 7) is 3.12. The molecule has 52 valence electrons. The van der Waals surface area contributed by atoms with Gasteiger partial charge in [0.15, 0.2) is 6.30 Å². The van der Waals surface area contributed by atoms with Crippen LogP contribution in [0.3, 0.4) is 0 Å². The lowest BCUT2D eigenvalue weighted by molar-refractivity contribution is 0.377. The summed E-state index contributed by atoms with van der Waals surface area (Å²) in [4.78, 5) is 3.46. The van der Waals surface area contributed by atoms with Gasteiger partial charge in [0.25, 0.3) is 0 Å². The third-order valence-corrected chi connectivity index (χ3v) is 0.746. The quantitative estimate of drug-likeness (QED) is 0.443. The van der Waals surface area contributed by atoms with Crippen LogP contribution >= 0.6 is 0 Å². The van der Waals surface area contributed by atoms with E-state index in [-0.39, 0.29) is 0 Å². The molecular formula is C6H11FN2. The minimum atomic E-state index is -1.14. The number of halogens is 1. The summed E-state index contributed by atoms with van der Waals surface area (Å²) in [5.41, 5.74) is 5.85. The van der Waals surface area contributed by atoms with Gasteiger partial charge < -0.3 is 5.73 Å². The second-order valence-electron chi connectivity index (χ2n) is 1.76. The Morgan fingerprint density at radius 2 is 2.33 bits per heavy atom. The van der Waals surface area contributed by atoms with E-state index < -0.39 is 6.30 Å². The van der Waals surface area contributed by atoms with E-state index >= 15 is 0 Å². The van der Waals surface area contributed by atoms with Gasteiger partial charge in [-0.2, -0.15) is 0 Å². The number of nitrogens with zero attached hydrogens (tertiary/aromatic N) is 1. The summed E-state index contributed by atoms with van der Waals surface area (Å²) in [6, 6.07) is 0. The average Bonchev–Trinajstić information content (AvgIpc) is 1.83. The van der Waals surface area contributed by atoms with Crippen molar-refractivity contribution >= 4 is 6.21 Å². The van der Waals surface area contributed by atoms with Crippen LogP contribution in [-0.4, -0.2) is 12.5 Å². The van der Waals surface area contributed by atoms with Crippen LogP contribution in [0.25, 0.3) is 0 Å². The predicted molar refractivity (Wildman–Crippen MR) is 37.0 cm³/mol. The van der Waals surface area contributed by atoms with E-state index in [1.54, 1.807) is 6.92 Å². The first-order valence-electron chi connectivity index (χ1n) is 2.72. The average molecular weight is 130 g/mol. The van der Waals surface area contributed by atoms with Gasteiger partial charge in [-0.15, -0.1) is 0 Å². The van der Waals surface area contributed by atoms with Crippen molar-refractivity contribution in [2.45, 2.75) is 20.1 Å². The molecule has 0 rings (SSSR count). The van der Waals surface area contributed by atoms with Crippen molar-refractivity contribution in [3.63, 3.8) is 0 Å². The lowest BCUT2D eigenvalue weighted by atomic mass is 10.4. The highest BCUT2D eigenvalue weighted by atomic mass is 19.1. The fourth-order valence-corrected chi connectivity index (χ4v) is 0.263. The van der Waals surface area contributed by atoms with Gasteiger partial charge in [0.05, 0.1) is 0 Å². The summed E-state index contributed by atoms with van der Waals surface area (Å²) < 4.78 is 11.9. The molecule has 9 heavy (non-hydrogen) atoms. The van der Waals surface area contributed by atoms with Gasteiger partial charge in [0.1, 0.15) is 0 Å². The van der Waals surface area contributed by atoms with Gasteiger partial charge in [0.2, 0.25) is 0 Å². The summed E-state index contributed by atoms with van der Waals surface area (Å²) >= 11 is 0. The first-order valence-corrected chi connectivity index (χ1v) is 2.72. The highest BCUT2D eigenvalue weighted by Crippen LogP contribution is 1.90. The molecule has 0 aromatic heterocycles. The van der Waals surface area contributed by atoms with Gasteiger partial charge in [-0.1, -0.05) is 0 Å². The SMILES string of the molecule is CC(=C/N)/C=N/C(C)F. The van der Waals surface area contributed by atoms with Crippen molar-refractivity contribution in [2.24, 2.45) is 10.7 Å². The van der Waals surface area contributed by atoms with Crippen molar-refractivity contribution < 1.29 is 4.39 Å². The summed E-state index contributed by atoms with van der Waals surface area (Å²) in [5.74, 6) is 0. The zero-order valence-corrected chi connectivity index (χ0v) is 5.63. The zero-order chi connectivity index (χ0) is 7.28. The maximum Gasteiger partial charge on any atom is 0.187 e. The van der Waals surface area contributed by atoms with Crippen molar-refractivity contribution in [3.8, 4) is 0 Å². The van der Waals surface area contributed by atoms with Crippen LogP contribution in [0.1, 0.15) is 13.8 Å². The van der Waals surface area contributed by atoms with E-state index in [0.717, 1.165) is 5.57 Å². The maximum atomic E-state index is 11.9. The molecule has 2 N–H and O–H groups in total. The van der Waals surface area contributed by atoms with Crippen LogP contribution in [0.5, 0.6) is 0 Å². The number of aliphatic imine (C=N–C) groups is 1. The van der Waals surface area contributed by atoms with Crippen molar-refractivity contribution in [2.75, 3.05) is 0 Å². The number of alkyl halides is 1. The Kier molecular flexibility index (Phi) is 3.67. The third-order valence-electron chi connectivity index (χ3n) is 0.746. The zero-order valence-electron chi connectivity index (χ0n) is 5.63. The largest absolute Gasteiger partial charge is 0.404 e. The van der Waals surface area contributed by atoms with Gasteiger partial charge in [0, 0.05) is 6.21 Å². The Morgan fingerprint density at radius 3 is 2.67 bits per heavy atom. The van der Waals surface area contributed by atoms with E-state index in [9.17, 15) is 4.39 Å². The van der Waals surface area contributed by atoms with Crippen molar-refractivity contribution in [3.05, 3.63) is 11.8 Å². The molecule has 0 aliphatic heterocycles. The molecular weight excluding hydrogens is 119 g/mol. The molecule has 0 spiro atoms. The van der Waals surface area contributed by atoms with Gasteiger partial charge in [-0.3, -0.25) is 4.99 Å². The monoisotopic (exact) mass is 130 g/mol. The fraction of sp³-hybridized carbons (Fsp3) is 0.500. The smallest absolute Gasteiger partial charge is 0.187 e. The molecule has 0 radical (unpaired) electrons. The highest BCUT2D eigenvalue weighted by Gasteiger charge is 1.86. The van der Waals surface area contributed by atoms with Crippen LogP contribution < -0.4 is 5.73 Å². The Hall–Kier alpha value is -0.860. The van der Waals surface area contributed by atoms with E-state index in [2.05, 4.69) is 4.99 Å². The first kappa shape index (κ1) is 8.14. The Balaban J connectivity index is 3.71. The van der Waals surface area contributed by atoms with Crippen LogP contribution in [0, 0.1) is 0 Å². The molecule has 0 aliphatic carbocycles. The topological polar surface area (TPSA) is 38.4 Å². The Labute approximate surface area is 54.3 Å². The number of nitrogens with two attached hydrogens (primary N) is 1. The number of rotatable bonds is 2. The van der Waals surface area contributed by atoms with E-state index in [1.807, 2.05) is 0 Å². The molecule has 0 fully saturated rings. The van der Waals surface area contributed by atoms with Crippen LogP contribution in [0.2, 0.25) is 0 Å². The Bertz CT molecular complexity index is 127. The summed E-state index contributed by atoms with van der Waals surface area (Å²) in [7, 11) is 0. The van der Waals surface area contributed by atoms with Gasteiger partial charge >= 0.3 is 0 Å². The molecule has 1 unspecified atom stereocenters. The van der Waals surface area contributed by atoms with Crippen molar-refractivity contribution in [1.29, 1.82) is 0 Å². The molecule has 0 aromatic carbocycles. The van der Waals surface area contributed by atoms with Crippen LogP contribution in [-0.2, 0) is 0 Å². The van der Waals surface area contributed by atoms with Crippen LogP contribution in [0.15, 0.2) is 16.8 Å². The van der Waals surface area contributed by atoms with Gasteiger partial charge in [-0.05, 0) is 25.6 Å². The van der Waals surface area contributed by atoms with Crippen LogP contribution in [0.4, 0.5) is 4.39 Å². The molecule has 0 heterocycles. The molecule has 1 atom stereocenters. The summed E-state index contributed by atoms with van der Waals surface area (Å²) in [6.07, 6.45) is 1.65. The van der Waals surface area contributed by atoms with Gasteiger partial charge in [-0.25, -0.2) is 4.39 Å². The second kappa shape index (κ2) is 4.06. The Morgan fingerprint density at radius 1 is 1.78 bits per heavy atom. The molecule has 0 amide bonds. The number of allylic oxidation sites excluding steroid dienone is 1. The molecule has 0 aliphatic rings. The number of hydrogen-bond acceptors (Lipinski definition) is 2. The highest BCUT2D eigenvalue weighted by molar-refractivity contribution is 5.77. The standard InChI is InChI=1S/C6H11FN2/c1-5(3-8)4-9-6(2)7/h3-4,6H,8H2,1-2H3/b5-3-,9-4+. The van der Waals surface area contributed by atoms with E-state index in [0.29, 0.717) is 0 Å². The second-order valence-corrected chi connectivity index (χ2v) is 1.76. The third kappa shape index (κ3) is 5.00. The fourth-order valence-electron chi connectivity index (χ4n) is 0.263. The first-order chi connectivity index (χ1) is 4.16. The van der Waals surface area contributed by atoms with Crippen molar-refractivity contribution in [1.82, 2.24) is 0 Å². The van der Waals surface area contributed by atoms with E-state index in [1.165, 1.54) is 19.3 Å². The molecule has 3 heteroatoms. The van der Waals surface area contributed by atoms with E-state index in [4.69, 9.17) is 5.73 Å². The minimum absolute atomic E-state index is 0.763. The number of hydrogen-bond donors (Lipinski definition) is 1. The normalized spacial score (nSPS) is 16.6. The molecule has 0 saturated carbocycles. The molecule has 0 bridgehead atoms. The molecule has 0 aromatic rings. The summed E-state index contributed by atoms with van der Waals surface area (Å²) in [5, 5.41) is 0. The molecule has 2 nitrogen and oxygen atoms in total. The predicted octanol–water partition coefficient (Wildman–Crippen LogP) is 1.24. The maximum absolute atomic E-state index is 11.9. The lowest BCUT2D eigenvalue weighted by Crippen LogP contribution is -1.90. The molecule has 0 saturated heterocycles. The minimum Gasteiger partial charge on any atom is -0.404 e.